The summed E-state index contributed by atoms with van der Waals surface area (Å²) >= 11 is 0. The number of rotatable bonds is 2. The first-order valence-corrected chi connectivity index (χ1v) is 4.92. The number of aliphatic hydroxyl groups excluding tert-OH is 1. The zero-order valence-electron chi connectivity index (χ0n) is 8.86. The average Bonchev–Trinajstić information content (AvgIpc) is 2.03. The Hall–Kier alpha value is -0.120. The van der Waals surface area contributed by atoms with Crippen LogP contribution in [0.5, 0.6) is 0 Å². The number of aliphatic hydroxyl groups is 1. The molecule has 1 rings (SSSR count). The Bertz CT molecular complexity index is 158. The summed E-state index contributed by atoms with van der Waals surface area (Å²) in [6.45, 7) is 5.99. The highest BCUT2D eigenvalue weighted by Crippen LogP contribution is 2.31. The second-order valence-electron chi connectivity index (χ2n) is 4.14. The lowest BCUT2D eigenvalue weighted by molar-refractivity contribution is -0.239. The quantitative estimate of drug-likeness (QED) is 0.712. The van der Waals surface area contributed by atoms with Crippen LogP contribution in [0.3, 0.4) is 0 Å². The van der Waals surface area contributed by atoms with Gasteiger partial charge in [0.1, 0.15) is 0 Å². The fourth-order valence-corrected chi connectivity index (χ4v) is 2.13. The molecule has 78 valence electrons. The van der Waals surface area contributed by atoms with Crippen LogP contribution in [-0.2, 0) is 9.47 Å². The van der Waals surface area contributed by atoms with E-state index < -0.39 is 6.10 Å². The van der Waals surface area contributed by atoms with Gasteiger partial charge in [0.25, 0.3) is 0 Å². The van der Waals surface area contributed by atoms with E-state index in [-0.39, 0.29) is 12.4 Å². The molecule has 1 fully saturated rings. The number of methoxy groups -OCH3 is 1. The zero-order chi connectivity index (χ0) is 10.0. The lowest BCUT2D eigenvalue weighted by Gasteiger charge is -2.39. The van der Waals surface area contributed by atoms with Crippen LogP contribution >= 0.6 is 0 Å². The summed E-state index contributed by atoms with van der Waals surface area (Å²) in [4.78, 5) is 0. The molecule has 0 aromatic carbocycles. The Labute approximate surface area is 80.0 Å². The van der Waals surface area contributed by atoms with Gasteiger partial charge in [0.15, 0.2) is 6.29 Å². The van der Waals surface area contributed by atoms with Gasteiger partial charge >= 0.3 is 0 Å². The molecule has 0 aromatic heterocycles. The monoisotopic (exact) mass is 188 g/mol. The summed E-state index contributed by atoms with van der Waals surface area (Å²) in [5.41, 5.74) is 0. The average molecular weight is 188 g/mol. The molecule has 0 radical (unpaired) electrons. The maximum Gasteiger partial charge on any atom is 0.160 e. The minimum Gasteiger partial charge on any atom is -0.391 e. The molecule has 1 saturated heterocycles. The molecule has 0 aromatic rings. The molecule has 3 nitrogen and oxygen atoms in total. The summed E-state index contributed by atoms with van der Waals surface area (Å²) in [6, 6.07) is 0. The standard InChI is InChI=1S/C10H20O3/c1-6-5-7(2)10(12-4)13-9(6)8(3)11/h6-11H,5H2,1-4H3/t6-,7+,8+,9-,10+/m0/s1. The van der Waals surface area contributed by atoms with E-state index in [1.54, 1.807) is 14.0 Å². The maximum atomic E-state index is 9.47. The summed E-state index contributed by atoms with van der Waals surface area (Å²) in [5, 5.41) is 9.47. The van der Waals surface area contributed by atoms with Gasteiger partial charge in [-0.1, -0.05) is 13.8 Å². The molecule has 1 heterocycles. The van der Waals surface area contributed by atoms with E-state index in [0.29, 0.717) is 11.8 Å². The third kappa shape index (κ3) is 2.42. The van der Waals surface area contributed by atoms with Crippen LogP contribution in [0.2, 0.25) is 0 Å². The van der Waals surface area contributed by atoms with E-state index in [1.165, 1.54) is 0 Å². The molecule has 1 N–H and O–H groups in total. The number of hydrogen-bond acceptors (Lipinski definition) is 3. The van der Waals surface area contributed by atoms with Gasteiger partial charge in [0.05, 0.1) is 12.2 Å². The fourth-order valence-electron chi connectivity index (χ4n) is 2.13. The van der Waals surface area contributed by atoms with Gasteiger partial charge in [-0.2, -0.15) is 0 Å². The van der Waals surface area contributed by atoms with Gasteiger partial charge in [-0.25, -0.2) is 0 Å². The summed E-state index contributed by atoms with van der Waals surface area (Å²) < 4.78 is 10.8. The van der Waals surface area contributed by atoms with Crippen molar-refractivity contribution in [3.05, 3.63) is 0 Å². The van der Waals surface area contributed by atoms with Crippen molar-refractivity contribution in [3.63, 3.8) is 0 Å². The van der Waals surface area contributed by atoms with Crippen LogP contribution in [0.1, 0.15) is 27.2 Å². The van der Waals surface area contributed by atoms with Crippen molar-refractivity contribution >= 4 is 0 Å². The minimum absolute atomic E-state index is 0.0823. The zero-order valence-corrected chi connectivity index (χ0v) is 8.86. The first-order chi connectivity index (χ1) is 6.06. The van der Waals surface area contributed by atoms with E-state index in [2.05, 4.69) is 13.8 Å². The molecule has 1 aliphatic heterocycles. The second-order valence-corrected chi connectivity index (χ2v) is 4.14. The molecule has 3 heteroatoms. The highest BCUT2D eigenvalue weighted by Gasteiger charge is 2.35. The summed E-state index contributed by atoms with van der Waals surface area (Å²) in [5.74, 6) is 0.816. The van der Waals surface area contributed by atoms with Crippen molar-refractivity contribution in [3.8, 4) is 0 Å². The van der Waals surface area contributed by atoms with Gasteiger partial charge in [0.2, 0.25) is 0 Å². The van der Waals surface area contributed by atoms with Gasteiger partial charge in [-0.05, 0) is 19.3 Å². The van der Waals surface area contributed by atoms with Crippen molar-refractivity contribution in [2.75, 3.05) is 7.11 Å². The van der Waals surface area contributed by atoms with E-state index in [0.717, 1.165) is 6.42 Å². The molecular formula is C10H20O3. The SMILES string of the molecule is CO[C@@H]1O[C@H]([C@@H](C)O)[C@@H](C)C[C@H]1C. The third-order valence-electron chi connectivity index (χ3n) is 2.77. The Morgan fingerprint density at radius 3 is 2.46 bits per heavy atom. The van der Waals surface area contributed by atoms with Gasteiger partial charge in [0, 0.05) is 13.0 Å². The first-order valence-electron chi connectivity index (χ1n) is 4.92. The first kappa shape index (κ1) is 11.0. The van der Waals surface area contributed by atoms with Crippen LogP contribution in [0.15, 0.2) is 0 Å². The van der Waals surface area contributed by atoms with Gasteiger partial charge < -0.3 is 14.6 Å². The van der Waals surface area contributed by atoms with E-state index in [9.17, 15) is 5.11 Å². The van der Waals surface area contributed by atoms with Crippen LogP contribution in [0, 0.1) is 11.8 Å². The molecule has 0 aliphatic carbocycles. The molecule has 13 heavy (non-hydrogen) atoms. The predicted molar refractivity (Wildman–Crippen MR) is 50.3 cm³/mol. The molecule has 0 amide bonds. The lowest BCUT2D eigenvalue weighted by Crippen LogP contribution is -2.45. The molecule has 0 bridgehead atoms. The van der Waals surface area contributed by atoms with E-state index in [1.807, 2.05) is 0 Å². The second kappa shape index (κ2) is 4.40. The lowest BCUT2D eigenvalue weighted by atomic mass is 9.87. The maximum absolute atomic E-state index is 9.47. The van der Waals surface area contributed by atoms with Crippen molar-refractivity contribution in [2.24, 2.45) is 11.8 Å². The highest BCUT2D eigenvalue weighted by atomic mass is 16.7. The van der Waals surface area contributed by atoms with Crippen molar-refractivity contribution < 1.29 is 14.6 Å². The number of hydrogen-bond donors (Lipinski definition) is 1. The molecule has 0 unspecified atom stereocenters. The fraction of sp³-hybridized carbons (Fsp3) is 1.00. The van der Waals surface area contributed by atoms with Crippen molar-refractivity contribution in [1.82, 2.24) is 0 Å². The minimum atomic E-state index is -0.417. The third-order valence-corrected chi connectivity index (χ3v) is 2.77. The van der Waals surface area contributed by atoms with Gasteiger partial charge in [-0.15, -0.1) is 0 Å². The Kier molecular flexibility index (Phi) is 3.71. The van der Waals surface area contributed by atoms with Crippen LogP contribution < -0.4 is 0 Å². The molecule has 0 spiro atoms. The molecule has 1 aliphatic rings. The summed E-state index contributed by atoms with van der Waals surface area (Å²) in [6.07, 6.45) is 0.394. The van der Waals surface area contributed by atoms with Crippen LogP contribution in [0.4, 0.5) is 0 Å². The predicted octanol–water partition coefficient (Wildman–Crippen LogP) is 1.40. The molecular weight excluding hydrogens is 168 g/mol. The molecule has 0 saturated carbocycles. The number of ether oxygens (including phenoxy) is 2. The largest absolute Gasteiger partial charge is 0.391 e. The Morgan fingerprint density at radius 2 is 2.00 bits per heavy atom. The van der Waals surface area contributed by atoms with E-state index >= 15 is 0 Å². The topological polar surface area (TPSA) is 38.7 Å². The summed E-state index contributed by atoms with van der Waals surface area (Å²) in [7, 11) is 1.65. The van der Waals surface area contributed by atoms with Crippen molar-refractivity contribution in [1.29, 1.82) is 0 Å². The van der Waals surface area contributed by atoms with Crippen LogP contribution in [-0.4, -0.2) is 30.7 Å². The molecule has 5 atom stereocenters. The van der Waals surface area contributed by atoms with E-state index in [4.69, 9.17) is 9.47 Å². The Morgan fingerprint density at radius 1 is 1.38 bits per heavy atom. The van der Waals surface area contributed by atoms with Gasteiger partial charge in [-0.3, -0.25) is 0 Å². The normalized spacial score (nSPS) is 43.2. The van der Waals surface area contributed by atoms with Crippen molar-refractivity contribution in [2.45, 2.75) is 45.7 Å². The van der Waals surface area contributed by atoms with Crippen LogP contribution in [0.25, 0.3) is 0 Å². The smallest absolute Gasteiger partial charge is 0.160 e. The highest BCUT2D eigenvalue weighted by molar-refractivity contribution is 4.80. The Balaban J connectivity index is 2.58.